The topological polar surface area (TPSA) is 38.7 Å². The predicted molar refractivity (Wildman–Crippen MR) is 271 cm³/mol. The van der Waals surface area contributed by atoms with Crippen molar-refractivity contribution in [2.75, 3.05) is 0 Å². The minimum absolute atomic E-state index is 0.00609. The first-order valence-electron chi connectivity index (χ1n) is 23.3. The lowest BCUT2D eigenvalue weighted by Gasteiger charge is -2.33. The van der Waals surface area contributed by atoms with Crippen LogP contribution in [0.3, 0.4) is 0 Å². The monoisotopic (exact) mass is 867 g/mol. The zero-order valence-corrected chi connectivity index (χ0v) is 39.2. The summed E-state index contributed by atoms with van der Waals surface area (Å²) in [6, 6.07) is 39.0. The molecule has 0 spiro atoms. The van der Waals surface area contributed by atoms with E-state index in [0.717, 1.165) is 37.7 Å². The van der Waals surface area contributed by atoms with Crippen LogP contribution < -0.4 is 0 Å². The van der Waals surface area contributed by atoms with Gasteiger partial charge in [0, 0.05) is 36.7 Å². The van der Waals surface area contributed by atoms with E-state index < -0.39 is 0 Å². The molecule has 10 rings (SSSR count). The third-order valence-electron chi connectivity index (χ3n) is 13.5. The Balaban J connectivity index is 1.09. The minimum atomic E-state index is -0.00609. The van der Waals surface area contributed by atoms with Crippen LogP contribution in [0.5, 0.6) is 0 Å². The number of aryl methyl sites for hydroxylation is 2. The highest BCUT2D eigenvalue weighted by Gasteiger charge is 2.42. The zero-order chi connectivity index (χ0) is 42.2. The minimum Gasteiger partial charge on any atom is -0.233 e. The average molecular weight is 868 g/mol. The largest absolute Gasteiger partial charge is 0.233 e. The van der Waals surface area contributed by atoms with Crippen molar-refractivity contribution < 1.29 is 0 Å². The maximum atomic E-state index is 5.41. The van der Waals surface area contributed by atoms with Gasteiger partial charge in [-0.25, -0.2) is 15.0 Å². The molecule has 0 unspecified atom stereocenters. The van der Waals surface area contributed by atoms with E-state index in [2.05, 4.69) is 131 Å². The molecule has 0 saturated carbocycles. The maximum absolute atomic E-state index is 5.41. The Morgan fingerprint density at radius 2 is 1.02 bits per heavy atom. The van der Waals surface area contributed by atoms with E-state index in [-0.39, 0.29) is 5.41 Å². The molecule has 0 amide bonds. The van der Waals surface area contributed by atoms with Crippen molar-refractivity contribution in [3.05, 3.63) is 125 Å². The van der Waals surface area contributed by atoms with Gasteiger partial charge in [-0.15, -0.1) is 34.0 Å². The number of unbranched alkanes of at least 4 members (excludes halogenated alkanes) is 10. The summed E-state index contributed by atoms with van der Waals surface area (Å²) in [5, 5.41) is 3.55. The van der Waals surface area contributed by atoms with Crippen LogP contribution in [0.2, 0.25) is 0 Å². The molecule has 0 aliphatic heterocycles. The Hall–Kier alpha value is -4.75. The Bertz CT molecular complexity index is 3010. The van der Waals surface area contributed by atoms with E-state index in [1.165, 1.54) is 147 Å². The van der Waals surface area contributed by atoms with Gasteiger partial charge in [-0.05, 0) is 90.9 Å². The summed E-state index contributed by atoms with van der Waals surface area (Å²) in [5.74, 6) is 0.692. The number of para-hydroxylation sites is 1. The fraction of sp³-hybridized carbons (Fsp3) is 0.339. The lowest BCUT2D eigenvalue weighted by molar-refractivity contribution is 0.398. The van der Waals surface area contributed by atoms with Crippen molar-refractivity contribution in [3.63, 3.8) is 0 Å². The summed E-state index contributed by atoms with van der Waals surface area (Å²) < 4.78 is 6.59. The van der Waals surface area contributed by atoms with Crippen LogP contribution in [0, 0.1) is 13.8 Å². The first-order valence-corrected chi connectivity index (χ1v) is 25.7. The number of benzene rings is 5. The summed E-state index contributed by atoms with van der Waals surface area (Å²) in [6.07, 6.45) is 18.1. The standard InChI is InChI=1S/C56H57N3S3/c1-5-7-9-11-13-17-29-56(30-18-14-12-10-8-6-2)44-31-36(3)21-25-40(44)41-27-23-38(33-45(41)56)47-35-48(58-54(57-47)55-59-46-19-15-16-20-49(46)62-55)39-24-28-43-51(34-39)61-52-42-26-22-37(4)32-50(42)60-53(43)52/h15-16,19-28,31-35H,5-14,17-18,29-30H2,1-4H3. The molecule has 0 atom stereocenters. The number of hydrogen-bond donors (Lipinski definition) is 0. The maximum Gasteiger partial charge on any atom is 0.189 e. The number of thiazole rings is 1. The SMILES string of the molecule is CCCCCCCCC1(CCCCCCCC)c2cc(C)ccc2-c2ccc(-c3cc(-c4ccc5c(c4)sc4c6ccc(C)cc6sc54)nc(-c4nc5ccccc5s4)n3)cc21. The molecule has 0 N–H and O–H groups in total. The van der Waals surface area contributed by atoms with Gasteiger partial charge in [0.05, 0.1) is 31.0 Å². The smallest absolute Gasteiger partial charge is 0.189 e. The summed E-state index contributed by atoms with van der Waals surface area (Å²) in [4.78, 5) is 15.8. The van der Waals surface area contributed by atoms with E-state index in [0.29, 0.717) is 5.82 Å². The second-order valence-electron chi connectivity index (χ2n) is 17.9. The third-order valence-corrected chi connectivity index (χ3v) is 17.0. The summed E-state index contributed by atoms with van der Waals surface area (Å²) in [5.41, 5.74) is 13.7. The molecule has 5 aromatic carbocycles. The Morgan fingerprint density at radius 1 is 0.468 bits per heavy atom. The molecule has 0 saturated heterocycles. The van der Waals surface area contributed by atoms with Crippen LogP contribution in [-0.2, 0) is 5.41 Å². The zero-order valence-electron chi connectivity index (χ0n) is 36.8. The van der Waals surface area contributed by atoms with Gasteiger partial charge >= 0.3 is 0 Å². The Labute approximate surface area is 379 Å². The normalized spacial score (nSPS) is 13.2. The Morgan fingerprint density at radius 3 is 1.71 bits per heavy atom. The molecule has 3 nitrogen and oxygen atoms in total. The molecule has 4 aromatic heterocycles. The van der Waals surface area contributed by atoms with E-state index in [9.17, 15) is 0 Å². The molecule has 0 bridgehead atoms. The second kappa shape index (κ2) is 17.8. The van der Waals surface area contributed by atoms with Crippen molar-refractivity contribution in [2.45, 2.75) is 123 Å². The quantitative estimate of drug-likeness (QED) is 0.0856. The lowest BCUT2D eigenvalue weighted by atomic mass is 9.70. The number of aromatic nitrogens is 3. The lowest BCUT2D eigenvalue weighted by Crippen LogP contribution is -2.25. The van der Waals surface area contributed by atoms with Gasteiger partial charge < -0.3 is 0 Å². The molecule has 1 aliphatic carbocycles. The van der Waals surface area contributed by atoms with E-state index in [4.69, 9.17) is 15.0 Å². The van der Waals surface area contributed by atoms with Crippen molar-refractivity contribution >= 4 is 73.8 Å². The van der Waals surface area contributed by atoms with Crippen LogP contribution in [0.4, 0.5) is 0 Å². The van der Waals surface area contributed by atoms with Crippen LogP contribution in [-0.4, -0.2) is 15.0 Å². The molecule has 1 aliphatic rings. The average Bonchev–Trinajstić information content (AvgIpc) is 4.04. The molecule has 62 heavy (non-hydrogen) atoms. The molecule has 314 valence electrons. The second-order valence-corrected chi connectivity index (χ2v) is 21.1. The highest BCUT2D eigenvalue weighted by atomic mass is 32.1. The molecule has 6 heteroatoms. The van der Waals surface area contributed by atoms with E-state index in [1.54, 1.807) is 16.9 Å². The van der Waals surface area contributed by atoms with Gasteiger partial charge in [0.2, 0.25) is 0 Å². The van der Waals surface area contributed by atoms with Gasteiger partial charge in [0.1, 0.15) is 0 Å². The first kappa shape index (κ1) is 41.3. The Kier molecular flexibility index (Phi) is 11.8. The van der Waals surface area contributed by atoms with Crippen LogP contribution in [0.15, 0.2) is 103 Å². The number of thiophene rings is 2. The number of nitrogens with zero attached hydrogens (tertiary/aromatic N) is 3. The molecule has 9 aromatic rings. The van der Waals surface area contributed by atoms with Gasteiger partial charge in [0.25, 0.3) is 0 Å². The highest BCUT2D eigenvalue weighted by Crippen LogP contribution is 2.55. The summed E-state index contributed by atoms with van der Waals surface area (Å²) in [6.45, 7) is 9.09. The van der Waals surface area contributed by atoms with Gasteiger partial charge in [-0.2, -0.15) is 0 Å². The number of hydrogen-bond acceptors (Lipinski definition) is 6. The van der Waals surface area contributed by atoms with E-state index in [1.807, 2.05) is 22.7 Å². The van der Waals surface area contributed by atoms with Crippen molar-refractivity contribution in [2.24, 2.45) is 0 Å². The molecule has 4 heterocycles. The van der Waals surface area contributed by atoms with Gasteiger partial charge in [-0.1, -0.05) is 163 Å². The van der Waals surface area contributed by atoms with Crippen molar-refractivity contribution in [1.29, 1.82) is 0 Å². The number of rotatable bonds is 17. The molecule has 0 radical (unpaired) electrons. The molecular weight excluding hydrogens is 811 g/mol. The van der Waals surface area contributed by atoms with E-state index >= 15 is 0 Å². The van der Waals surface area contributed by atoms with Crippen molar-refractivity contribution in [1.82, 2.24) is 15.0 Å². The molecule has 0 fully saturated rings. The summed E-state index contributed by atoms with van der Waals surface area (Å²) >= 11 is 5.50. The first-order chi connectivity index (χ1) is 30.4. The third kappa shape index (κ3) is 7.81. The van der Waals surface area contributed by atoms with Crippen LogP contribution in [0.1, 0.15) is 126 Å². The van der Waals surface area contributed by atoms with Crippen LogP contribution in [0.25, 0.3) is 84.3 Å². The van der Waals surface area contributed by atoms with Gasteiger partial charge in [0.15, 0.2) is 10.8 Å². The highest BCUT2D eigenvalue weighted by molar-refractivity contribution is 7.36. The fourth-order valence-corrected chi connectivity index (χ4v) is 13.9. The molecular formula is C56H57N3S3. The van der Waals surface area contributed by atoms with Crippen molar-refractivity contribution in [3.8, 4) is 44.5 Å². The van der Waals surface area contributed by atoms with Gasteiger partial charge in [-0.3, -0.25) is 0 Å². The van der Waals surface area contributed by atoms with Crippen LogP contribution >= 0.6 is 34.0 Å². The number of fused-ring (bicyclic) bond motifs is 9. The summed E-state index contributed by atoms with van der Waals surface area (Å²) in [7, 11) is 0. The fourth-order valence-electron chi connectivity index (χ4n) is 10.2. The predicted octanol–water partition coefficient (Wildman–Crippen LogP) is 18.1.